The van der Waals surface area contributed by atoms with Crippen molar-refractivity contribution in [1.82, 2.24) is 19.4 Å². The SMILES string of the molecule is CCCCCCCN1CC(=O)N(C)C2=CCC(CC)=C(n3ccnc3-c3cc(F)cc(F)c3)N=C21. The zero-order chi connectivity index (χ0) is 24.9. The van der Waals surface area contributed by atoms with Crippen molar-refractivity contribution in [2.75, 3.05) is 20.1 Å². The summed E-state index contributed by atoms with van der Waals surface area (Å²) in [6.07, 6.45) is 12.5. The number of nitrogens with zero attached hydrogens (tertiary/aromatic N) is 5. The van der Waals surface area contributed by atoms with Crippen molar-refractivity contribution in [3.05, 3.63) is 59.6 Å². The van der Waals surface area contributed by atoms with Crippen LogP contribution in [0.3, 0.4) is 0 Å². The molecule has 0 radical (unpaired) electrons. The van der Waals surface area contributed by atoms with E-state index >= 15 is 0 Å². The largest absolute Gasteiger partial charge is 0.345 e. The molecule has 4 rings (SSSR count). The number of aromatic nitrogens is 2. The first-order chi connectivity index (χ1) is 16.9. The fourth-order valence-corrected chi connectivity index (χ4v) is 4.63. The lowest BCUT2D eigenvalue weighted by Crippen LogP contribution is -2.51. The summed E-state index contributed by atoms with van der Waals surface area (Å²) in [4.78, 5) is 26.0. The van der Waals surface area contributed by atoms with E-state index in [-0.39, 0.29) is 12.5 Å². The molecule has 0 spiro atoms. The Bertz CT molecular complexity index is 1160. The number of imidazole rings is 1. The smallest absolute Gasteiger partial charge is 0.246 e. The Morgan fingerprint density at radius 2 is 1.77 bits per heavy atom. The first kappa shape index (κ1) is 24.8. The molecule has 1 aromatic heterocycles. The number of fused-ring (bicyclic) bond motifs is 1. The average Bonchev–Trinajstić information content (AvgIpc) is 3.23. The standard InChI is InChI=1S/C27H33F2N5O/c1-4-6-7-8-9-13-33-18-24(35)32(3)23-11-10-19(5-2)26(31-27(23)33)34-14-12-30-25(34)20-15-21(28)17-22(29)16-20/h11-12,14-17H,4-10,13,18H2,1-3H3. The summed E-state index contributed by atoms with van der Waals surface area (Å²) in [5.74, 6) is 0.595. The molecule has 1 amide bonds. The second-order valence-electron chi connectivity index (χ2n) is 9.08. The fourth-order valence-electron chi connectivity index (χ4n) is 4.63. The van der Waals surface area contributed by atoms with Crippen LogP contribution in [0.15, 0.2) is 52.9 Å². The predicted molar refractivity (Wildman–Crippen MR) is 134 cm³/mol. The van der Waals surface area contributed by atoms with Gasteiger partial charge in [0.2, 0.25) is 5.91 Å². The minimum absolute atomic E-state index is 0.0452. The molecule has 3 heterocycles. The maximum atomic E-state index is 14.0. The van der Waals surface area contributed by atoms with Crippen LogP contribution in [0.25, 0.3) is 17.2 Å². The van der Waals surface area contributed by atoms with Gasteiger partial charge in [0.25, 0.3) is 0 Å². The van der Waals surface area contributed by atoms with Gasteiger partial charge >= 0.3 is 0 Å². The Balaban J connectivity index is 1.74. The highest BCUT2D eigenvalue weighted by atomic mass is 19.1. The molecule has 2 aliphatic heterocycles. The van der Waals surface area contributed by atoms with E-state index in [0.717, 1.165) is 49.0 Å². The van der Waals surface area contributed by atoms with E-state index in [0.29, 0.717) is 23.6 Å². The van der Waals surface area contributed by atoms with Gasteiger partial charge in [0.15, 0.2) is 5.84 Å². The first-order valence-electron chi connectivity index (χ1n) is 12.5. The summed E-state index contributed by atoms with van der Waals surface area (Å²) in [6, 6.07) is 3.40. The molecule has 2 aromatic rings. The third-order valence-corrected chi connectivity index (χ3v) is 6.61. The second-order valence-corrected chi connectivity index (χ2v) is 9.08. The summed E-state index contributed by atoms with van der Waals surface area (Å²) in [5.41, 5.74) is 2.20. The maximum Gasteiger partial charge on any atom is 0.246 e. The van der Waals surface area contributed by atoms with E-state index in [4.69, 9.17) is 4.99 Å². The normalized spacial score (nSPS) is 16.3. The quantitative estimate of drug-likeness (QED) is 0.423. The zero-order valence-corrected chi connectivity index (χ0v) is 20.7. The van der Waals surface area contributed by atoms with Gasteiger partial charge in [-0.05, 0) is 37.0 Å². The van der Waals surface area contributed by atoms with Gasteiger partial charge in [-0.1, -0.05) is 45.6 Å². The van der Waals surface area contributed by atoms with Crippen LogP contribution in [0.5, 0.6) is 0 Å². The molecule has 0 aliphatic carbocycles. The molecule has 186 valence electrons. The third-order valence-electron chi connectivity index (χ3n) is 6.61. The number of carbonyl (C=O) groups excluding carboxylic acids is 1. The number of allylic oxidation sites excluding steroid dienone is 2. The molecule has 35 heavy (non-hydrogen) atoms. The number of aliphatic imine (C=N–C) groups is 1. The van der Waals surface area contributed by atoms with Gasteiger partial charge in [0.05, 0.1) is 12.2 Å². The van der Waals surface area contributed by atoms with Crippen LogP contribution in [0.1, 0.15) is 58.8 Å². The minimum Gasteiger partial charge on any atom is -0.345 e. The number of benzene rings is 1. The topological polar surface area (TPSA) is 53.7 Å². The molecule has 8 heteroatoms. The predicted octanol–water partition coefficient (Wildman–Crippen LogP) is 5.84. The lowest BCUT2D eigenvalue weighted by molar-refractivity contribution is -0.129. The van der Waals surface area contributed by atoms with Crippen molar-refractivity contribution in [2.45, 2.75) is 58.8 Å². The molecule has 1 aromatic carbocycles. The van der Waals surface area contributed by atoms with Crippen molar-refractivity contribution in [3.63, 3.8) is 0 Å². The van der Waals surface area contributed by atoms with Gasteiger partial charge in [-0.3, -0.25) is 9.36 Å². The second kappa shape index (κ2) is 11.0. The van der Waals surface area contributed by atoms with Crippen LogP contribution in [-0.4, -0.2) is 51.2 Å². The lowest BCUT2D eigenvalue weighted by Gasteiger charge is -2.36. The van der Waals surface area contributed by atoms with Crippen molar-refractivity contribution in [3.8, 4) is 11.4 Å². The van der Waals surface area contributed by atoms with Crippen LogP contribution in [0, 0.1) is 11.6 Å². The van der Waals surface area contributed by atoms with Crippen molar-refractivity contribution in [2.24, 2.45) is 4.99 Å². The summed E-state index contributed by atoms with van der Waals surface area (Å²) in [5, 5.41) is 0. The molecular formula is C27H33F2N5O. The van der Waals surface area contributed by atoms with E-state index in [1.165, 1.54) is 31.4 Å². The van der Waals surface area contributed by atoms with E-state index in [1.807, 2.05) is 0 Å². The third kappa shape index (κ3) is 5.36. The lowest BCUT2D eigenvalue weighted by atomic mass is 10.1. The van der Waals surface area contributed by atoms with Crippen molar-refractivity contribution in [1.29, 1.82) is 0 Å². The van der Waals surface area contributed by atoms with Crippen LogP contribution in [-0.2, 0) is 4.79 Å². The average molecular weight is 482 g/mol. The van der Waals surface area contributed by atoms with E-state index < -0.39 is 11.6 Å². The number of carbonyl (C=O) groups is 1. The van der Waals surface area contributed by atoms with Gasteiger partial charge in [0, 0.05) is 37.6 Å². The Morgan fingerprint density at radius 1 is 1.03 bits per heavy atom. The van der Waals surface area contributed by atoms with Crippen LogP contribution in [0.2, 0.25) is 0 Å². The van der Waals surface area contributed by atoms with Crippen molar-refractivity contribution < 1.29 is 13.6 Å². The summed E-state index contributed by atoms with van der Waals surface area (Å²) < 4.78 is 29.8. The van der Waals surface area contributed by atoms with E-state index in [1.54, 1.807) is 28.9 Å². The zero-order valence-electron chi connectivity index (χ0n) is 20.7. The molecule has 1 fully saturated rings. The molecule has 1 saturated heterocycles. The molecule has 0 saturated carbocycles. The maximum absolute atomic E-state index is 14.0. The highest BCUT2D eigenvalue weighted by Gasteiger charge is 2.32. The molecular weight excluding hydrogens is 448 g/mol. The van der Waals surface area contributed by atoms with Gasteiger partial charge in [0.1, 0.15) is 23.3 Å². The summed E-state index contributed by atoms with van der Waals surface area (Å²) in [7, 11) is 1.79. The van der Waals surface area contributed by atoms with Crippen LogP contribution in [0.4, 0.5) is 8.78 Å². The van der Waals surface area contributed by atoms with E-state index in [2.05, 4.69) is 29.8 Å². The Morgan fingerprint density at radius 3 is 2.49 bits per heavy atom. The number of amides is 1. The highest BCUT2D eigenvalue weighted by Crippen LogP contribution is 2.32. The fraction of sp³-hybridized carbons (Fsp3) is 0.444. The number of halogens is 2. The number of hydrogen-bond acceptors (Lipinski definition) is 4. The van der Waals surface area contributed by atoms with Gasteiger partial charge in [-0.25, -0.2) is 18.8 Å². The number of unbranched alkanes of at least 4 members (excludes halogenated alkanes) is 4. The molecule has 0 bridgehead atoms. The molecule has 2 aliphatic rings. The van der Waals surface area contributed by atoms with Crippen LogP contribution < -0.4 is 0 Å². The monoisotopic (exact) mass is 481 g/mol. The van der Waals surface area contributed by atoms with Gasteiger partial charge in [-0.15, -0.1) is 0 Å². The summed E-state index contributed by atoms with van der Waals surface area (Å²) in [6.45, 7) is 5.28. The van der Waals surface area contributed by atoms with E-state index in [9.17, 15) is 13.6 Å². The number of hydrogen-bond donors (Lipinski definition) is 0. The Labute approximate surface area is 205 Å². The number of amidine groups is 1. The number of piperazine rings is 1. The first-order valence-corrected chi connectivity index (χ1v) is 12.5. The minimum atomic E-state index is -0.656. The number of likely N-dealkylation sites (N-methyl/N-ethyl adjacent to an activating group) is 1. The Kier molecular flexibility index (Phi) is 7.78. The Hall–Kier alpha value is -3.29. The van der Waals surface area contributed by atoms with Crippen molar-refractivity contribution >= 4 is 17.6 Å². The highest BCUT2D eigenvalue weighted by molar-refractivity contribution is 6.08. The molecule has 6 nitrogen and oxygen atoms in total. The summed E-state index contributed by atoms with van der Waals surface area (Å²) >= 11 is 0. The molecule has 0 atom stereocenters. The molecule has 0 N–H and O–H groups in total. The van der Waals surface area contributed by atoms with Gasteiger partial charge in [-0.2, -0.15) is 0 Å². The molecule has 0 unspecified atom stereocenters. The number of rotatable bonds is 9. The van der Waals surface area contributed by atoms with Crippen LogP contribution >= 0.6 is 0 Å². The van der Waals surface area contributed by atoms with Gasteiger partial charge < -0.3 is 9.80 Å².